The van der Waals surface area contributed by atoms with Crippen molar-refractivity contribution in [3.05, 3.63) is 23.3 Å². The molecule has 3 heterocycles. The van der Waals surface area contributed by atoms with E-state index in [1.165, 1.54) is 12.8 Å². The van der Waals surface area contributed by atoms with Crippen LogP contribution in [0.1, 0.15) is 32.0 Å². The number of aromatic amines is 1. The Balaban J connectivity index is 1.89. The van der Waals surface area contributed by atoms with E-state index in [-0.39, 0.29) is 5.54 Å². The third-order valence-corrected chi connectivity index (χ3v) is 4.23. The molecule has 0 spiro atoms. The largest absolute Gasteiger partial charge is 0.305 e. The van der Waals surface area contributed by atoms with E-state index in [1.807, 2.05) is 17.5 Å². The highest BCUT2D eigenvalue weighted by Gasteiger charge is 2.31. The molecule has 4 nitrogen and oxygen atoms in total. The number of nitrogens with one attached hydrogen (secondary N) is 2. The molecule has 0 aromatic carbocycles. The summed E-state index contributed by atoms with van der Waals surface area (Å²) in [6.07, 6.45) is 3.62. The van der Waals surface area contributed by atoms with Crippen LogP contribution < -0.4 is 5.32 Å². The van der Waals surface area contributed by atoms with Gasteiger partial charge in [0.1, 0.15) is 5.82 Å². The molecule has 1 fully saturated rings. The molecule has 1 atom stereocenters. The molecule has 5 heteroatoms. The topological polar surface area (TPSA) is 53.6 Å². The fourth-order valence-electron chi connectivity index (χ4n) is 2.28. The van der Waals surface area contributed by atoms with Gasteiger partial charge in [-0.1, -0.05) is 6.07 Å². The maximum Gasteiger partial charge on any atom is 0.191 e. The predicted molar refractivity (Wildman–Crippen MR) is 68.9 cm³/mol. The summed E-state index contributed by atoms with van der Waals surface area (Å²) >= 11 is 1.67. The monoisotopic (exact) mass is 248 g/mol. The summed E-state index contributed by atoms with van der Waals surface area (Å²) < 4.78 is 0. The van der Waals surface area contributed by atoms with Crippen LogP contribution in [0.25, 0.3) is 10.7 Å². The molecule has 1 aliphatic heterocycles. The van der Waals surface area contributed by atoms with Gasteiger partial charge in [-0.25, -0.2) is 4.98 Å². The third kappa shape index (κ3) is 2.00. The Morgan fingerprint density at radius 2 is 2.35 bits per heavy atom. The standard InChI is InChI=1S/C12H16N4S/c1-12(6-2-3-7-13-12)11-14-10(15-16-11)9-5-4-8-17-9/h4-5,8,13H,2-3,6-7H2,1H3,(H,14,15,16). The molecule has 2 aromatic rings. The first-order valence-electron chi connectivity index (χ1n) is 6.00. The fourth-order valence-corrected chi connectivity index (χ4v) is 2.94. The number of thiophene rings is 1. The van der Waals surface area contributed by atoms with E-state index >= 15 is 0 Å². The molecule has 3 rings (SSSR count). The Labute approximate surface area is 104 Å². The molecule has 0 amide bonds. The van der Waals surface area contributed by atoms with Crippen molar-refractivity contribution in [2.75, 3.05) is 6.54 Å². The Morgan fingerprint density at radius 3 is 3.06 bits per heavy atom. The number of piperidine rings is 1. The first-order valence-corrected chi connectivity index (χ1v) is 6.88. The molecular formula is C12H16N4S. The van der Waals surface area contributed by atoms with Crippen molar-refractivity contribution in [1.82, 2.24) is 20.5 Å². The highest BCUT2D eigenvalue weighted by molar-refractivity contribution is 7.13. The molecule has 17 heavy (non-hydrogen) atoms. The van der Waals surface area contributed by atoms with Crippen LogP contribution in [0.2, 0.25) is 0 Å². The summed E-state index contributed by atoms with van der Waals surface area (Å²) in [6.45, 7) is 3.26. The van der Waals surface area contributed by atoms with Crippen molar-refractivity contribution in [2.24, 2.45) is 0 Å². The second-order valence-electron chi connectivity index (χ2n) is 4.70. The number of hydrogen-bond donors (Lipinski definition) is 2. The van der Waals surface area contributed by atoms with Crippen molar-refractivity contribution in [3.8, 4) is 10.7 Å². The van der Waals surface area contributed by atoms with Gasteiger partial charge >= 0.3 is 0 Å². The Morgan fingerprint density at radius 1 is 1.41 bits per heavy atom. The van der Waals surface area contributed by atoms with Gasteiger partial charge in [-0.15, -0.1) is 11.3 Å². The minimum atomic E-state index is -0.0409. The average Bonchev–Trinajstić information content (AvgIpc) is 3.01. The lowest BCUT2D eigenvalue weighted by molar-refractivity contribution is 0.269. The molecule has 1 unspecified atom stereocenters. The minimum absolute atomic E-state index is 0.0409. The van der Waals surface area contributed by atoms with Crippen LogP contribution in [0.15, 0.2) is 17.5 Å². The lowest BCUT2D eigenvalue weighted by Gasteiger charge is -2.32. The maximum absolute atomic E-state index is 4.63. The number of H-pyrrole nitrogens is 1. The molecule has 2 N–H and O–H groups in total. The zero-order chi connectivity index (χ0) is 11.7. The molecule has 1 aliphatic rings. The summed E-state index contributed by atoms with van der Waals surface area (Å²) in [5.41, 5.74) is -0.0409. The van der Waals surface area contributed by atoms with E-state index in [0.717, 1.165) is 29.5 Å². The van der Waals surface area contributed by atoms with E-state index in [0.29, 0.717) is 0 Å². The number of rotatable bonds is 2. The van der Waals surface area contributed by atoms with Crippen molar-refractivity contribution in [3.63, 3.8) is 0 Å². The van der Waals surface area contributed by atoms with E-state index < -0.39 is 0 Å². The Kier molecular flexibility index (Phi) is 2.72. The third-order valence-electron chi connectivity index (χ3n) is 3.37. The van der Waals surface area contributed by atoms with Gasteiger partial charge in [-0.05, 0) is 44.2 Å². The molecule has 0 radical (unpaired) electrons. The summed E-state index contributed by atoms with van der Waals surface area (Å²) in [6, 6.07) is 4.07. The summed E-state index contributed by atoms with van der Waals surface area (Å²) in [5, 5.41) is 13.0. The molecular weight excluding hydrogens is 232 g/mol. The number of nitrogens with zero attached hydrogens (tertiary/aromatic N) is 2. The van der Waals surface area contributed by atoms with E-state index in [9.17, 15) is 0 Å². The van der Waals surface area contributed by atoms with Gasteiger partial charge < -0.3 is 5.32 Å². The average molecular weight is 248 g/mol. The molecule has 0 aliphatic carbocycles. The van der Waals surface area contributed by atoms with Gasteiger partial charge in [-0.2, -0.15) is 5.10 Å². The smallest absolute Gasteiger partial charge is 0.191 e. The number of hydrogen-bond acceptors (Lipinski definition) is 4. The van der Waals surface area contributed by atoms with Crippen molar-refractivity contribution >= 4 is 11.3 Å². The Hall–Kier alpha value is -1.20. The molecule has 0 saturated carbocycles. The zero-order valence-corrected chi connectivity index (χ0v) is 10.7. The van der Waals surface area contributed by atoms with Gasteiger partial charge in [0, 0.05) is 0 Å². The second kappa shape index (κ2) is 4.23. The zero-order valence-electron chi connectivity index (χ0n) is 9.86. The van der Waals surface area contributed by atoms with Crippen LogP contribution in [0.5, 0.6) is 0 Å². The van der Waals surface area contributed by atoms with Crippen LogP contribution in [0.3, 0.4) is 0 Å². The lowest BCUT2D eigenvalue weighted by atomic mass is 9.90. The van der Waals surface area contributed by atoms with Gasteiger partial charge in [0.05, 0.1) is 10.4 Å². The van der Waals surface area contributed by atoms with Gasteiger partial charge in [0.15, 0.2) is 5.82 Å². The van der Waals surface area contributed by atoms with Gasteiger partial charge in [-0.3, -0.25) is 5.10 Å². The normalized spacial score (nSPS) is 25.0. The summed E-state index contributed by atoms with van der Waals surface area (Å²) in [7, 11) is 0. The van der Waals surface area contributed by atoms with E-state index in [2.05, 4.69) is 27.4 Å². The lowest BCUT2D eigenvalue weighted by Crippen LogP contribution is -2.44. The molecule has 90 valence electrons. The first-order chi connectivity index (χ1) is 8.28. The van der Waals surface area contributed by atoms with Crippen LogP contribution in [-0.4, -0.2) is 21.7 Å². The van der Waals surface area contributed by atoms with Crippen LogP contribution in [0.4, 0.5) is 0 Å². The Bertz CT molecular complexity index is 482. The van der Waals surface area contributed by atoms with Crippen LogP contribution in [0, 0.1) is 0 Å². The van der Waals surface area contributed by atoms with Gasteiger partial charge in [0.2, 0.25) is 0 Å². The number of aromatic nitrogens is 3. The SMILES string of the molecule is CC1(c2nc(-c3cccs3)n[nH]2)CCCCN1. The van der Waals surface area contributed by atoms with E-state index in [4.69, 9.17) is 0 Å². The van der Waals surface area contributed by atoms with Crippen LogP contribution in [-0.2, 0) is 5.54 Å². The quantitative estimate of drug-likeness (QED) is 0.858. The summed E-state index contributed by atoms with van der Waals surface area (Å²) in [5.74, 6) is 1.77. The maximum atomic E-state index is 4.63. The second-order valence-corrected chi connectivity index (χ2v) is 5.65. The van der Waals surface area contributed by atoms with Crippen molar-refractivity contribution in [2.45, 2.75) is 31.7 Å². The van der Waals surface area contributed by atoms with Gasteiger partial charge in [0.25, 0.3) is 0 Å². The summed E-state index contributed by atoms with van der Waals surface area (Å²) in [4.78, 5) is 5.75. The minimum Gasteiger partial charge on any atom is -0.305 e. The molecule has 0 bridgehead atoms. The fraction of sp³-hybridized carbons (Fsp3) is 0.500. The van der Waals surface area contributed by atoms with Crippen molar-refractivity contribution < 1.29 is 0 Å². The highest BCUT2D eigenvalue weighted by atomic mass is 32.1. The predicted octanol–water partition coefficient (Wildman–Crippen LogP) is 2.52. The molecule has 2 aromatic heterocycles. The van der Waals surface area contributed by atoms with Crippen molar-refractivity contribution in [1.29, 1.82) is 0 Å². The molecule has 1 saturated heterocycles. The first kappa shape index (κ1) is 10.9. The van der Waals surface area contributed by atoms with E-state index in [1.54, 1.807) is 11.3 Å². The highest BCUT2D eigenvalue weighted by Crippen LogP contribution is 2.29. The van der Waals surface area contributed by atoms with Crippen LogP contribution >= 0.6 is 11.3 Å².